The van der Waals surface area contributed by atoms with Crippen LogP contribution in [0.2, 0.25) is 0 Å². The van der Waals surface area contributed by atoms with Crippen molar-refractivity contribution < 1.29 is 14.7 Å². The van der Waals surface area contributed by atoms with Crippen molar-refractivity contribution >= 4 is 11.9 Å². The second kappa shape index (κ2) is 5.53. The number of nitrogens with zero attached hydrogens (tertiary/aromatic N) is 2. The van der Waals surface area contributed by atoms with Gasteiger partial charge in [0.25, 0.3) is 5.91 Å². The number of aromatic nitrogens is 1. The van der Waals surface area contributed by atoms with Gasteiger partial charge in [0.1, 0.15) is 11.7 Å². The lowest BCUT2D eigenvalue weighted by Gasteiger charge is -2.32. The quantitative estimate of drug-likeness (QED) is 0.805. The molecule has 2 rings (SSSR count). The van der Waals surface area contributed by atoms with Gasteiger partial charge in [-0.25, -0.2) is 9.78 Å². The Morgan fingerprint density at radius 1 is 1.42 bits per heavy atom. The molecule has 2 heterocycles. The number of carbonyl (C=O) groups is 2. The molecule has 1 aromatic rings. The van der Waals surface area contributed by atoms with Crippen LogP contribution in [0.15, 0.2) is 18.3 Å². The smallest absolute Gasteiger partial charge is 0.326 e. The molecule has 0 aliphatic carbocycles. The van der Waals surface area contributed by atoms with Crippen LogP contribution in [0, 0.1) is 12.3 Å². The number of carboxylic acid groups (broad SMARTS) is 1. The number of carboxylic acids is 1. The molecule has 97 valence electrons. The molecular weight excluding hydrogens is 244 g/mol. The summed E-state index contributed by atoms with van der Waals surface area (Å²) in [7, 11) is 0. The van der Waals surface area contributed by atoms with Crippen LogP contribution in [0.25, 0.3) is 0 Å². The van der Waals surface area contributed by atoms with Crippen molar-refractivity contribution in [2.24, 2.45) is 0 Å². The monoisotopic (exact) mass is 257 g/mol. The van der Waals surface area contributed by atoms with Gasteiger partial charge >= 0.3 is 5.97 Å². The Bertz CT molecular complexity index is 531. The van der Waals surface area contributed by atoms with Crippen molar-refractivity contribution in [3.63, 3.8) is 0 Å². The maximum atomic E-state index is 12.3. The van der Waals surface area contributed by atoms with E-state index >= 15 is 0 Å². The third-order valence-corrected chi connectivity index (χ3v) is 3.19. The first-order chi connectivity index (χ1) is 9.13. The van der Waals surface area contributed by atoms with E-state index in [0.29, 0.717) is 24.2 Å². The molecule has 1 N–H and O–H groups in total. The van der Waals surface area contributed by atoms with Gasteiger partial charge in [-0.2, -0.15) is 0 Å². The number of aliphatic carboxylic acids is 1. The Balaban J connectivity index is 2.21. The molecule has 19 heavy (non-hydrogen) atoms. The van der Waals surface area contributed by atoms with Gasteiger partial charge in [0.05, 0.1) is 5.56 Å². The minimum atomic E-state index is -0.967. The summed E-state index contributed by atoms with van der Waals surface area (Å²) in [5.41, 5.74) is 0.678. The minimum absolute atomic E-state index is 0.323. The predicted octanol–water partition coefficient (Wildman–Crippen LogP) is 1.10. The highest BCUT2D eigenvalue weighted by atomic mass is 16.4. The van der Waals surface area contributed by atoms with E-state index in [1.807, 2.05) is 0 Å². The van der Waals surface area contributed by atoms with E-state index in [0.717, 1.165) is 12.8 Å². The summed E-state index contributed by atoms with van der Waals surface area (Å²) in [6.45, 7) is 0.453. The summed E-state index contributed by atoms with van der Waals surface area (Å²) < 4.78 is 0. The molecule has 1 fully saturated rings. The fraction of sp³-hybridized carbons (Fsp3) is 0.357. The summed E-state index contributed by atoms with van der Waals surface area (Å²) >= 11 is 0. The number of rotatable bonds is 2. The molecule has 1 amide bonds. The predicted molar refractivity (Wildman–Crippen MR) is 66.8 cm³/mol. The number of piperidine rings is 1. The van der Waals surface area contributed by atoms with Gasteiger partial charge in [0.2, 0.25) is 0 Å². The van der Waals surface area contributed by atoms with Gasteiger partial charge in [-0.15, -0.1) is 0 Å². The number of hydrogen-bond donors (Lipinski definition) is 1. The van der Waals surface area contributed by atoms with Crippen molar-refractivity contribution in [2.75, 3.05) is 6.54 Å². The maximum Gasteiger partial charge on any atom is 0.326 e. The van der Waals surface area contributed by atoms with E-state index in [2.05, 4.69) is 10.9 Å². The summed E-state index contributed by atoms with van der Waals surface area (Å²) in [5, 5.41) is 9.14. The molecule has 1 aliphatic rings. The molecule has 0 saturated carbocycles. The zero-order chi connectivity index (χ0) is 13.8. The van der Waals surface area contributed by atoms with Crippen LogP contribution in [0.4, 0.5) is 0 Å². The number of pyridine rings is 1. The number of carbonyl (C=O) groups excluding carboxylic acids is 1. The number of likely N-dealkylation sites (tertiary alicyclic amines) is 1. The van der Waals surface area contributed by atoms with E-state index in [1.54, 1.807) is 6.07 Å². The highest BCUT2D eigenvalue weighted by Crippen LogP contribution is 2.19. The number of hydrogen-bond acceptors (Lipinski definition) is 3. The van der Waals surface area contributed by atoms with Crippen molar-refractivity contribution in [3.05, 3.63) is 36.0 Å². The largest absolute Gasteiger partial charge is 0.480 e. The average molecular weight is 257 g/mol. The molecular formula is C14H13N2O3. The molecule has 0 spiro atoms. The van der Waals surface area contributed by atoms with Crippen LogP contribution in [-0.4, -0.2) is 39.5 Å². The molecule has 1 radical (unpaired) electrons. The van der Waals surface area contributed by atoms with Crippen LogP contribution in [-0.2, 0) is 4.79 Å². The Kier molecular flexibility index (Phi) is 3.81. The lowest BCUT2D eigenvalue weighted by molar-refractivity contribution is -0.143. The molecule has 5 nitrogen and oxygen atoms in total. The zero-order valence-corrected chi connectivity index (χ0v) is 10.3. The third kappa shape index (κ3) is 2.74. The van der Waals surface area contributed by atoms with Gasteiger partial charge in [-0.1, -0.05) is 0 Å². The molecule has 1 unspecified atom stereocenters. The number of amides is 1. The van der Waals surface area contributed by atoms with Crippen LogP contribution in [0.1, 0.15) is 35.3 Å². The van der Waals surface area contributed by atoms with Gasteiger partial charge in [0.15, 0.2) is 0 Å². The second-order valence-corrected chi connectivity index (χ2v) is 4.41. The summed E-state index contributed by atoms with van der Waals surface area (Å²) in [6.07, 6.45) is 10.4. The summed E-state index contributed by atoms with van der Waals surface area (Å²) in [5.74, 6) is 0.829. The van der Waals surface area contributed by atoms with Crippen LogP contribution < -0.4 is 0 Å². The minimum Gasteiger partial charge on any atom is -0.480 e. The molecule has 1 aromatic heterocycles. The third-order valence-electron chi connectivity index (χ3n) is 3.19. The maximum absolute atomic E-state index is 12.3. The zero-order valence-electron chi connectivity index (χ0n) is 10.3. The van der Waals surface area contributed by atoms with Gasteiger partial charge in [-0.3, -0.25) is 4.79 Å². The molecule has 1 aliphatic heterocycles. The lowest BCUT2D eigenvalue weighted by atomic mass is 10.0. The summed E-state index contributed by atoms with van der Waals surface area (Å²) in [6, 6.07) is 2.30. The van der Waals surface area contributed by atoms with Gasteiger partial charge in [-0.05, 0) is 43.7 Å². The van der Waals surface area contributed by atoms with E-state index in [1.165, 1.54) is 17.2 Å². The van der Waals surface area contributed by atoms with E-state index < -0.39 is 12.0 Å². The highest BCUT2D eigenvalue weighted by molar-refractivity contribution is 5.96. The Labute approximate surface area is 111 Å². The molecule has 0 aromatic carbocycles. The second-order valence-electron chi connectivity index (χ2n) is 4.41. The van der Waals surface area contributed by atoms with Crippen molar-refractivity contribution in [1.29, 1.82) is 0 Å². The van der Waals surface area contributed by atoms with Crippen molar-refractivity contribution in [3.8, 4) is 5.92 Å². The van der Waals surface area contributed by atoms with Gasteiger partial charge in [0, 0.05) is 12.7 Å². The fourth-order valence-electron chi connectivity index (χ4n) is 2.19. The Morgan fingerprint density at radius 2 is 2.21 bits per heavy atom. The normalized spacial score (nSPS) is 18.7. The molecule has 1 saturated heterocycles. The first-order valence-corrected chi connectivity index (χ1v) is 6.06. The van der Waals surface area contributed by atoms with Gasteiger partial charge < -0.3 is 10.0 Å². The van der Waals surface area contributed by atoms with Crippen LogP contribution in [0.5, 0.6) is 0 Å². The highest BCUT2D eigenvalue weighted by Gasteiger charge is 2.32. The first kappa shape index (κ1) is 13.1. The van der Waals surface area contributed by atoms with Crippen molar-refractivity contribution in [2.45, 2.75) is 25.3 Å². The van der Waals surface area contributed by atoms with E-state index in [4.69, 9.17) is 11.5 Å². The van der Waals surface area contributed by atoms with E-state index in [9.17, 15) is 9.59 Å². The summed E-state index contributed by atoms with van der Waals surface area (Å²) in [4.78, 5) is 28.7. The average Bonchev–Trinajstić information content (AvgIpc) is 2.46. The van der Waals surface area contributed by atoms with Crippen molar-refractivity contribution in [1.82, 2.24) is 9.88 Å². The molecule has 0 bridgehead atoms. The fourth-order valence-corrected chi connectivity index (χ4v) is 2.19. The Morgan fingerprint density at radius 3 is 2.79 bits per heavy atom. The lowest BCUT2D eigenvalue weighted by Crippen LogP contribution is -2.48. The standard InChI is InChI=1S/C14H13N2O3/c1-2-11-7-6-10(9-15-11)13(17)16-8-4-3-5-12(16)14(18)19/h6-7,9,12H,3-5,8H2,(H,18,19). The molecule has 1 atom stereocenters. The Hall–Kier alpha value is -2.35. The first-order valence-electron chi connectivity index (χ1n) is 6.06. The van der Waals surface area contributed by atoms with Crippen LogP contribution in [0.3, 0.4) is 0 Å². The van der Waals surface area contributed by atoms with E-state index in [-0.39, 0.29) is 5.91 Å². The van der Waals surface area contributed by atoms with Crippen LogP contribution >= 0.6 is 0 Å². The molecule has 5 heteroatoms. The SMILES string of the molecule is [C]#Cc1ccc(C(=O)N2CCCCC2C(=O)O)cn1. The topological polar surface area (TPSA) is 70.5 Å².